The lowest BCUT2D eigenvalue weighted by Gasteiger charge is -2.31. The number of benzene rings is 2. The van der Waals surface area contributed by atoms with E-state index in [0.29, 0.717) is 24.3 Å². The Morgan fingerprint density at radius 1 is 1.05 bits per heavy atom. The Bertz CT molecular complexity index is 1220. The maximum Gasteiger partial charge on any atom is 0.490 e. The molecule has 3 rings (SSSR count). The van der Waals surface area contributed by atoms with Crippen LogP contribution in [0.1, 0.15) is 10.4 Å². The molecular formula is C25H29F3N4O5S. The molecule has 2 aromatic rings. The zero-order valence-electron chi connectivity index (χ0n) is 20.4. The Morgan fingerprint density at radius 3 is 2.11 bits per heavy atom. The van der Waals surface area contributed by atoms with Crippen LogP contribution < -0.4 is 14.9 Å². The van der Waals surface area contributed by atoms with E-state index < -0.39 is 22.2 Å². The largest absolute Gasteiger partial charge is 0.490 e. The van der Waals surface area contributed by atoms with E-state index >= 15 is 0 Å². The van der Waals surface area contributed by atoms with Crippen molar-refractivity contribution in [3.8, 4) is 0 Å². The number of piperazine rings is 1. The van der Waals surface area contributed by atoms with Crippen LogP contribution in [0.15, 0.2) is 78.7 Å². The van der Waals surface area contributed by atoms with Crippen molar-refractivity contribution in [2.24, 2.45) is 0 Å². The zero-order chi connectivity index (χ0) is 28.3. The van der Waals surface area contributed by atoms with Gasteiger partial charge >= 0.3 is 12.1 Å². The van der Waals surface area contributed by atoms with E-state index in [-0.39, 0.29) is 10.8 Å². The van der Waals surface area contributed by atoms with E-state index in [4.69, 9.17) is 9.90 Å². The lowest BCUT2D eigenvalue weighted by Crippen LogP contribution is -2.43. The predicted octanol–water partition coefficient (Wildman–Crippen LogP) is 3.34. The van der Waals surface area contributed by atoms with Gasteiger partial charge in [0.2, 0.25) is 0 Å². The smallest absolute Gasteiger partial charge is 0.475 e. The first-order valence-electron chi connectivity index (χ1n) is 11.4. The van der Waals surface area contributed by atoms with Crippen LogP contribution >= 0.6 is 0 Å². The Kier molecular flexibility index (Phi) is 10.9. The number of nitrogens with one attached hydrogen (secondary N) is 2. The first-order valence-corrected chi connectivity index (χ1v) is 12.9. The number of carbonyl (C=O) groups is 2. The fourth-order valence-corrected chi connectivity index (χ4v) is 4.56. The van der Waals surface area contributed by atoms with Crippen LogP contribution in [-0.2, 0) is 14.8 Å². The second kappa shape index (κ2) is 13.6. The number of hydrogen-bond donors (Lipinski definition) is 3. The third-order valence-corrected chi connectivity index (χ3v) is 6.61. The SMILES string of the molecule is C=CCN(CC=C)C(=O)c1ccc(N2CCNCC2)c(NS(=O)(=O)c2ccccc2)c1.O=C(O)C(F)(F)F. The molecule has 1 aliphatic heterocycles. The lowest BCUT2D eigenvalue weighted by atomic mass is 10.1. The highest BCUT2D eigenvalue weighted by Gasteiger charge is 2.38. The molecule has 9 nitrogen and oxygen atoms in total. The summed E-state index contributed by atoms with van der Waals surface area (Å²) in [7, 11) is -3.81. The van der Waals surface area contributed by atoms with Crippen LogP contribution in [0.3, 0.4) is 0 Å². The van der Waals surface area contributed by atoms with E-state index in [2.05, 4.69) is 28.1 Å². The summed E-state index contributed by atoms with van der Waals surface area (Å²) in [4.78, 5) is 25.8. The molecule has 0 aliphatic carbocycles. The summed E-state index contributed by atoms with van der Waals surface area (Å²) in [6, 6.07) is 13.3. The number of nitrogens with zero attached hydrogens (tertiary/aromatic N) is 2. The Hall–Kier alpha value is -3.84. The Balaban J connectivity index is 0.000000638. The summed E-state index contributed by atoms with van der Waals surface area (Å²) in [5, 5.41) is 10.4. The lowest BCUT2D eigenvalue weighted by molar-refractivity contribution is -0.192. The molecular weight excluding hydrogens is 525 g/mol. The molecule has 1 aliphatic rings. The van der Waals surface area contributed by atoms with E-state index in [0.717, 1.165) is 31.9 Å². The van der Waals surface area contributed by atoms with Crippen molar-refractivity contribution in [3.63, 3.8) is 0 Å². The van der Waals surface area contributed by atoms with Gasteiger partial charge in [-0.25, -0.2) is 13.2 Å². The summed E-state index contributed by atoms with van der Waals surface area (Å²) < 4.78 is 60.4. The average molecular weight is 555 g/mol. The van der Waals surface area contributed by atoms with Gasteiger partial charge in [-0.3, -0.25) is 9.52 Å². The fraction of sp³-hybridized carbons (Fsp3) is 0.280. The number of sulfonamides is 1. The summed E-state index contributed by atoms with van der Waals surface area (Å²) >= 11 is 0. The van der Waals surface area contributed by atoms with E-state index in [1.54, 1.807) is 53.5 Å². The van der Waals surface area contributed by atoms with E-state index in [9.17, 15) is 26.4 Å². The van der Waals surface area contributed by atoms with Gasteiger partial charge < -0.3 is 20.2 Å². The van der Waals surface area contributed by atoms with Crippen molar-refractivity contribution >= 4 is 33.3 Å². The van der Waals surface area contributed by atoms with Gasteiger partial charge in [0.15, 0.2) is 0 Å². The van der Waals surface area contributed by atoms with Gasteiger partial charge in [0.25, 0.3) is 15.9 Å². The minimum atomic E-state index is -5.08. The molecule has 0 bridgehead atoms. The number of carboxylic acid groups (broad SMARTS) is 1. The van der Waals surface area contributed by atoms with Crippen LogP contribution in [0.4, 0.5) is 24.5 Å². The maximum absolute atomic E-state index is 13.0. The standard InChI is InChI=1S/C23H28N4O3S.C2HF3O2/c1-3-14-27(15-4-2)23(28)19-10-11-22(26-16-12-24-13-17-26)21(18-19)25-31(29,30)20-8-6-5-7-9-20;3-2(4,5)1(6)7/h3-11,18,24-25H,1-2,12-17H2;(H,6,7). The molecule has 0 atom stereocenters. The number of halogens is 3. The second-order valence-electron chi connectivity index (χ2n) is 7.98. The molecule has 38 heavy (non-hydrogen) atoms. The van der Waals surface area contributed by atoms with Gasteiger partial charge in [-0.05, 0) is 30.3 Å². The topological polar surface area (TPSA) is 119 Å². The molecule has 13 heteroatoms. The molecule has 0 aromatic heterocycles. The molecule has 1 fully saturated rings. The fourth-order valence-electron chi connectivity index (χ4n) is 3.47. The number of aliphatic carboxylic acids is 1. The average Bonchev–Trinajstić information content (AvgIpc) is 2.89. The van der Waals surface area contributed by atoms with E-state index in [1.165, 1.54) is 12.1 Å². The molecule has 0 unspecified atom stereocenters. The van der Waals surface area contributed by atoms with Crippen LogP contribution in [0, 0.1) is 0 Å². The highest BCUT2D eigenvalue weighted by atomic mass is 32.2. The third kappa shape index (κ3) is 8.63. The molecule has 1 amide bonds. The van der Waals surface area contributed by atoms with Gasteiger partial charge in [-0.1, -0.05) is 30.4 Å². The van der Waals surface area contributed by atoms with Crippen LogP contribution in [0.5, 0.6) is 0 Å². The molecule has 3 N–H and O–H groups in total. The van der Waals surface area contributed by atoms with Gasteiger partial charge in [-0.2, -0.15) is 13.2 Å². The number of carboxylic acids is 1. The van der Waals surface area contributed by atoms with Crippen molar-refractivity contribution in [1.82, 2.24) is 10.2 Å². The Labute approximate surface area is 219 Å². The van der Waals surface area contributed by atoms with Gasteiger partial charge in [0.05, 0.1) is 16.3 Å². The van der Waals surface area contributed by atoms with Crippen LogP contribution in [0.2, 0.25) is 0 Å². The zero-order valence-corrected chi connectivity index (χ0v) is 21.3. The third-order valence-electron chi connectivity index (χ3n) is 5.23. The number of anilines is 2. The molecule has 0 spiro atoms. The van der Waals surface area contributed by atoms with Crippen LogP contribution in [0.25, 0.3) is 0 Å². The van der Waals surface area contributed by atoms with Crippen LogP contribution in [-0.4, -0.2) is 75.7 Å². The van der Waals surface area contributed by atoms with E-state index in [1.807, 2.05) is 0 Å². The minimum Gasteiger partial charge on any atom is -0.475 e. The molecule has 0 saturated carbocycles. The predicted molar refractivity (Wildman–Crippen MR) is 139 cm³/mol. The minimum absolute atomic E-state index is 0.165. The van der Waals surface area contributed by atoms with Crippen molar-refractivity contribution in [3.05, 3.63) is 79.4 Å². The van der Waals surface area contributed by atoms with Crippen molar-refractivity contribution in [2.45, 2.75) is 11.1 Å². The molecule has 206 valence electrons. The molecule has 1 saturated heterocycles. The number of amides is 1. The Morgan fingerprint density at radius 2 is 1.61 bits per heavy atom. The quantitative estimate of drug-likeness (QED) is 0.407. The van der Waals surface area contributed by atoms with Gasteiger partial charge in [0.1, 0.15) is 0 Å². The first kappa shape index (κ1) is 30.4. The maximum atomic E-state index is 13.0. The first-order chi connectivity index (χ1) is 17.9. The normalized spacial score (nSPS) is 13.5. The van der Waals surface area contributed by atoms with Crippen molar-refractivity contribution in [2.75, 3.05) is 48.9 Å². The number of rotatable bonds is 9. The second-order valence-corrected chi connectivity index (χ2v) is 9.66. The molecule has 2 aromatic carbocycles. The number of carbonyl (C=O) groups excluding carboxylic acids is 1. The summed E-state index contributed by atoms with van der Waals surface area (Å²) in [6.45, 7) is 11.2. The molecule has 0 radical (unpaired) electrons. The number of alkyl halides is 3. The highest BCUT2D eigenvalue weighted by molar-refractivity contribution is 7.92. The summed E-state index contributed by atoms with van der Waals surface area (Å²) in [5.41, 5.74) is 1.53. The number of hydrogen-bond acceptors (Lipinski definition) is 6. The van der Waals surface area contributed by atoms with Crippen molar-refractivity contribution in [1.29, 1.82) is 0 Å². The van der Waals surface area contributed by atoms with Gasteiger partial charge in [0, 0.05) is 44.8 Å². The van der Waals surface area contributed by atoms with Gasteiger partial charge in [-0.15, -0.1) is 13.2 Å². The van der Waals surface area contributed by atoms with Crippen molar-refractivity contribution < 1.29 is 36.3 Å². The highest BCUT2D eigenvalue weighted by Crippen LogP contribution is 2.30. The summed E-state index contributed by atoms with van der Waals surface area (Å²) in [6.07, 6.45) is -1.79. The molecule has 1 heterocycles. The monoisotopic (exact) mass is 554 g/mol. The summed E-state index contributed by atoms with van der Waals surface area (Å²) in [5.74, 6) is -2.97.